The molecule has 1 aromatic heterocycles. The number of halogens is 2. The van der Waals surface area contributed by atoms with E-state index in [1.54, 1.807) is 28.0 Å². The molecule has 1 aromatic carbocycles. The molecule has 4 aliphatic rings. The van der Waals surface area contributed by atoms with Crippen molar-refractivity contribution >= 4 is 29.2 Å². The van der Waals surface area contributed by atoms with Crippen molar-refractivity contribution in [2.24, 2.45) is 0 Å². The predicted octanol–water partition coefficient (Wildman–Crippen LogP) is 3.46. The van der Waals surface area contributed by atoms with Crippen LogP contribution in [0.4, 0.5) is 10.2 Å². The van der Waals surface area contributed by atoms with Gasteiger partial charge in [-0.05, 0) is 38.5 Å². The zero-order valence-electron chi connectivity index (χ0n) is 23.4. The molecule has 0 spiro atoms. The zero-order valence-corrected chi connectivity index (χ0v) is 24.2. The lowest BCUT2D eigenvalue weighted by atomic mass is 9.98. The maximum Gasteiger partial charge on any atom is 0.261 e. The summed E-state index contributed by atoms with van der Waals surface area (Å²) in [5.74, 6) is -0.242. The zero-order chi connectivity index (χ0) is 28.9. The Balaban J connectivity index is 1.47. The number of anilines is 1. The molecule has 41 heavy (non-hydrogen) atoms. The number of pyridine rings is 1. The van der Waals surface area contributed by atoms with Gasteiger partial charge < -0.3 is 24.2 Å². The number of piperazine rings is 1. The van der Waals surface area contributed by atoms with Gasteiger partial charge in [0.15, 0.2) is 5.75 Å². The highest BCUT2D eigenvalue weighted by Crippen LogP contribution is 2.47. The number of amides is 2. The summed E-state index contributed by atoms with van der Waals surface area (Å²) in [6.45, 7) is 12.8. The molecular weight excluding hydrogens is 549 g/mol. The molecule has 0 aliphatic carbocycles. The van der Waals surface area contributed by atoms with Crippen molar-refractivity contribution < 1.29 is 23.5 Å². The molecule has 2 amide bonds. The lowest BCUT2D eigenvalue weighted by molar-refractivity contribution is -0.128. The summed E-state index contributed by atoms with van der Waals surface area (Å²) in [4.78, 5) is 39.7. The van der Waals surface area contributed by atoms with Gasteiger partial charge >= 0.3 is 0 Å². The van der Waals surface area contributed by atoms with Crippen molar-refractivity contribution in [3.63, 3.8) is 0 Å². The van der Waals surface area contributed by atoms with Crippen LogP contribution in [0.15, 0.2) is 36.9 Å². The lowest BCUT2D eigenvalue weighted by Gasteiger charge is -2.40. The average Bonchev–Trinajstić information content (AvgIpc) is 3.22. The second kappa shape index (κ2) is 10.9. The van der Waals surface area contributed by atoms with Gasteiger partial charge in [-0.2, -0.15) is 0 Å². The van der Waals surface area contributed by atoms with Gasteiger partial charge in [0, 0.05) is 56.4 Å². The van der Waals surface area contributed by atoms with Crippen LogP contribution in [0, 0.1) is 5.82 Å². The van der Waals surface area contributed by atoms with E-state index >= 15 is 4.39 Å². The topological polar surface area (TPSA) is 78.5 Å². The fourth-order valence-electron chi connectivity index (χ4n) is 6.57. The molecule has 0 N–H and O–H groups in total. The van der Waals surface area contributed by atoms with E-state index in [-0.39, 0.29) is 63.6 Å². The Bertz CT molecular complexity index is 1380. The van der Waals surface area contributed by atoms with Crippen LogP contribution in [0.5, 0.6) is 5.75 Å². The van der Waals surface area contributed by atoms with E-state index < -0.39 is 5.82 Å². The molecule has 3 saturated heterocycles. The summed E-state index contributed by atoms with van der Waals surface area (Å²) in [6.07, 6.45) is 2.14. The Hall–Kier alpha value is -3.21. The van der Waals surface area contributed by atoms with Crippen molar-refractivity contribution in [3.05, 3.63) is 53.3 Å². The van der Waals surface area contributed by atoms with Crippen molar-refractivity contribution in [2.75, 3.05) is 64.0 Å². The number of aromatic nitrogens is 1. The monoisotopic (exact) mass is 583 g/mol. The largest absolute Gasteiger partial charge is 0.489 e. The Morgan fingerprint density at radius 1 is 1.15 bits per heavy atom. The van der Waals surface area contributed by atoms with Gasteiger partial charge in [0.2, 0.25) is 5.91 Å². The number of hydrogen-bond acceptors (Lipinski definition) is 7. The van der Waals surface area contributed by atoms with Gasteiger partial charge in [-0.25, -0.2) is 9.37 Å². The molecule has 0 saturated carbocycles. The van der Waals surface area contributed by atoms with Crippen LogP contribution in [0.25, 0.3) is 11.3 Å². The fourth-order valence-corrected chi connectivity index (χ4v) is 6.87. The van der Waals surface area contributed by atoms with E-state index in [9.17, 15) is 9.59 Å². The maximum atomic E-state index is 15.1. The fraction of sp³-hybridized carbons (Fsp3) is 0.500. The third-order valence-electron chi connectivity index (χ3n) is 8.75. The highest BCUT2D eigenvalue weighted by Gasteiger charge is 2.46. The normalized spacial score (nSPS) is 24.4. The second-order valence-electron chi connectivity index (χ2n) is 11.7. The Morgan fingerprint density at radius 2 is 1.90 bits per heavy atom. The standard InChI is InChI=1S/C30H35ClFN5O4/c1-4-23(38)35-9-10-36-20(16-35)18-41-27-24(29(36)39)28(33-26(25(27)31)21-7-5-6-8-22(21)32)37-17-19(15-30(37,2)3)34-11-13-40-14-12-34/h4-8,19-20H,1,9-18H2,2-3H3/t19-,20+/m0/s1. The number of ether oxygens (including phenoxy) is 2. The number of rotatable bonds is 4. The van der Waals surface area contributed by atoms with Crippen LogP contribution >= 0.6 is 11.6 Å². The van der Waals surface area contributed by atoms with Gasteiger partial charge in [-0.15, -0.1) is 0 Å². The molecule has 218 valence electrons. The van der Waals surface area contributed by atoms with Crippen molar-refractivity contribution in [1.82, 2.24) is 19.7 Å². The first kappa shape index (κ1) is 27.9. The van der Waals surface area contributed by atoms with E-state index in [2.05, 4.69) is 30.2 Å². The first-order valence-electron chi connectivity index (χ1n) is 14.1. The van der Waals surface area contributed by atoms with Crippen molar-refractivity contribution in [1.29, 1.82) is 0 Å². The second-order valence-corrected chi connectivity index (χ2v) is 12.0. The van der Waals surface area contributed by atoms with E-state index in [0.29, 0.717) is 45.2 Å². The van der Waals surface area contributed by atoms with Crippen LogP contribution in [-0.4, -0.2) is 108 Å². The smallest absolute Gasteiger partial charge is 0.261 e. The number of hydrogen-bond donors (Lipinski definition) is 0. The van der Waals surface area contributed by atoms with Crippen molar-refractivity contribution in [3.8, 4) is 17.0 Å². The number of benzene rings is 1. The molecule has 0 unspecified atom stereocenters. The molecular formula is C30H35ClFN5O4. The summed E-state index contributed by atoms with van der Waals surface area (Å²) in [5, 5.41) is 0.0998. The molecule has 11 heteroatoms. The minimum Gasteiger partial charge on any atom is -0.489 e. The summed E-state index contributed by atoms with van der Waals surface area (Å²) < 4.78 is 27.0. The Labute approximate surface area is 244 Å². The Kier molecular flexibility index (Phi) is 7.42. The molecule has 0 bridgehead atoms. The molecule has 2 atom stereocenters. The number of carbonyl (C=O) groups is 2. The van der Waals surface area contributed by atoms with Gasteiger partial charge in [-0.1, -0.05) is 30.3 Å². The van der Waals surface area contributed by atoms with Crippen LogP contribution in [0.2, 0.25) is 5.02 Å². The third-order valence-corrected chi connectivity index (χ3v) is 9.10. The first-order chi connectivity index (χ1) is 19.7. The van der Waals surface area contributed by atoms with Gasteiger partial charge in [0.25, 0.3) is 5.91 Å². The predicted molar refractivity (Wildman–Crippen MR) is 154 cm³/mol. The first-order valence-corrected chi connectivity index (χ1v) is 14.5. The minimum atomic E-state index is -0.462. The van der Waals surface area contributed by atoms with Crippen LogP contribution in [0.1, 0.15) is 30.6 Å². The van der Waals surface area contributed by atoms with E-state index in [0.717, 1.165) is 19.5 Å². The highest BCUT2D eigenvalue weighted by atomic mass is 35.5. The minimum absolute atomic E-state index is 0.0998. The van der Waals surface area contributed by atoms with Crippen molar-refractivity contribution in [2.45, 2.75) is 37.9 Å². The van der Waals surface area contributed by atoms with Gasteiger partial charge in [-0.3, -0.25) is 14.5 Å². The molecule has 0 radical (unpaired) electrons. The molecule has 3 fully saturated rings. The van der Waals surface area contributed by atoms with Crippen LogP contribution < -0.4 is 9.64 Å². The van der Waals surface area contributed by atoms with Crippen LogP contribution in [-0.2, 0) is 9.53 Å². The average molecular weight is 584 g/mol. The van der Waals surface area contributed by atoms with E-state index in [1.807, 2.05) is 0 Å². The van der Waals surface area contributed by atoms with Gasteiger partial charge in [0.1, 0.15) is 28.8 Å². The maximum absolute atomic E-state index is 15.1. The number of morpholine rings is 1. The molecule has 5 heterocycles. The summed E-state index contributed by atoms with van der Waals surface area (Å²) in [6, 6.07) is 6.20. The number of fused-ring (bicyclic) bond motifs is 2. The summed E-state index contributed by atoms with van der Waals surface area (Å²) in [7, 11) is 0. The third kappa shape index (κ3) is 4.96. The van der Waals surface area contributed by atoms with E-state index in [1.165, 1.54) is 12.1 Å². The quantitative estimate of drug-likeness (QED) is 0.510. The summed E-state index contributed by atoms with van der Waals surface area (Å²) in [5.41, 5.74) is 0.409. The lowest BCUT2D eigenvalue weighted by Crippen LogP contribution is -2.57. The van der Waals surface area contributed by atoms with Crippen LogP contribution in [0.3, 0.4) is 0 Å². The summed E-state index contributed by atoms with van der Waals surface area (Å²) >= 11 is 6.93. The molecule has 9 nitrogen and oxygen atoms in total. The number of carbonyl (C=O) groups excluding carboxylic acids is 2. The van der Waals surface area contributed by atoms with Gasteiger partial charge in [0.05, 0.1) is 24.9 Å². The molecule has 4 aliphatic heterocycles. The molecule has 2 aromatic rings. The highest BCUT2D eigenvalue weighted by molar-refractivity contribution is 6.35. The Morgan fingerprint density at radius 3 is 2.63 bits per heavy atom. The number of nitrogens with zero attached hydrogens (tertiary/aromatic N) is 5. The molecule has 6 rings (SSSR count). The van der Waals surface area contributed by atoms with E-state index in [4.69, 9.17) is 26.1 Å². The SMILES string of the molecule is C=CC(=O)N1CCN2C(=O)c3c(N4C[C@@H](N5CCOCC5)CC4(C)C)nc(-c4ccccc4F)c(Cl)c3OC[C@H]2C1.